The molecule has 42 heavy (non-hydrogen) atoms. The summed E-state index contributed by atoms with van der Waals surface area (Å²) in [5.41, 5.74) is 5.23. The Morgan fingerprint density at radius 1 is 1.19 bits per heavy atom. The number of aliphatic hydroxyl groups excluding tert-OH is 1. The van der Waals surface area contributed by atoms with E-state index in [-0.39, 0.29) is 47.0 Å². The predicted octanol–water partition coefficient (Wildman–Crippen LogP) is 3.19. The quantitative estimate of drug-likeness (QED) is 0.307. The highest BCUT2D eigenvalue weighted by atomic mass is 35.5. The fourth-order valence-corrected chi connectivity index (χ4v) is 5.95. The summed E-state index contributed by atoms with van der Waals surface area (Å²) in [5.74, 6) is -0.918. The van der Waals surface area contributed by atoms with Crippen molar-refractivity contribution in [1.29, 1.82) is 0 Å². The third kappa shape index (κ3) is 6.50. The average molecular weight is 626 g/mol. The van der Waals surface area contributed by atoms with E-state index < -0.39 is 35.8 Å². The second-order valence-corrected chi connectivity index (χ2v) is 11.3. The Labute approximate surface area is 247 Å². The number of amides is 2. The molecule has 0 unspecified atom stereocenters. The molecule has 0 saturated carbocycles. The van der Waals surface area contributed by atoms with Gasteiger partial charge in [-0.1, -0.05) is 11.6 Å². The van der Waals surface area contributed by atoms with Gasteiger partial charge in [-0.2, -0.15) is 22.5 Å². The summed E-state index contributed by atoms with van der Waals surface area (Å²) in [7, 11) is 0. The molecule has 3 atom stereocenters. The SMILES string of the molecule is Cc1cc(Nc2nc(N3CC[C@H](O)[C@@H](N4CCC[C@@H](Nc5cc(Cl)cc(C(F)(F)F)c5)C4=O)C3)nnc2C(N)=O)sn1. The van der Waals surface area contributed by atoms with Crippen molar-refractivity contribution >= 4 is 57.4 Å². The Hall–Kier alpha value is -3.76. The maximum Gasteiger partial charge on any atom is 0.416 e. The molecule has 5 rings (SSSR count). The first-order chi connectivity index (χ1) is 19.9. The number of primary amides is 1. The van der Waals surface area contributed by atoms with Gasteiger partial charge in [-0.3, -0.25) is 9.59 Å². The number of halogens is 4. The zero-order valence-electron chi connectivity index (χ0n) is 22.2. The number of nitrogens with two attached hydrogens (primary N) is 1. The van der Waals surface area contributed by atoms with Crippen molar-refractivity contribution in [2.24, 2.45) is 5.73 Å². The summed E-state index contributed by atoms with van der Waals surface area (Å²) in [4.78, 5) is 33.2. The Kier molecular flexibility index (Phi) is 8.39. The van der Waals surface area contributed by atoms with E-state index >= 15 is 0 Å². The van der Waals surface area contributed by atoms with Crippen LogP contribution in [0.3, 0.4) is 0 Å². The van der Waals surface area contributed by atoms with Gasteiger partial charge in [-0.15, -0.1) is 10.2 Å². The molecule has 224 valence electrons. The molecule has 0 bridgehead atoms. The molecule has 2 aromatic heterocycles. The van der Waals surface area contributed by atoms with E-state index in [1.54, 1.807) is 11.0 Å². The van der Waals surface area contributed by atoms with E-state index in [2.05, 4.69) is 30.2 Å². The number of hydrogen-bond donors (Lipinski definition) is 4. The van der Waals surface area contributed by atoms with E-state index in [0.717, 1.165) is 17.8 Å². The number of aryl methyl sites for hydroxylation is 1. The second kappa shape index (κ2) is 11.9. The van der Waals surface area contributed by atoms with Gasteiger partial charge in [-0.25, -0.2) is 0 Å². The fraction of sp³-hybridized carbons (Fsp3) is 0.440. The van der Waals surface area contributed by atoms with Gasteiger partial charge < -0.3 is 31.3 Å². The first-order valence-corrected chi connectivity index (χ1v) is 14.2. The number of anilines is 4. The molecule has 2 saturated heterocycles. The maximum absolute atomic E-state index is 13.5. The van der Waals surface area contributed by atoms with Gasteiger partial charge in [0.2, 0.25) is 11.9 Å². The molecular weight excluding hydrogens is 599 g/mol. The highest BCUT2D eigenvalue weighted by molar-refractivity contribution is 7.10. The number of rotatable bonds is 7. The third-order valence-electron chi connectivity index (χ3n) is 7.05. The summed E-state index contributed by atoms with van der Waals surface area (Å²) >= 11 is 7.08. The van der Waals surface area contributed by atoms with Crippen LogP contribution >= 0.6 is 23.1 Å². The van der Waals surface area contributed by atoms with Crippen LogP contribution in [0.2, 0.25) is 5.02 Å². The summed E-state index contributed by atoms with van der Waals surface area (Å²) in [5, 5.41) is 25.3. The Morgan fingerprint density at radius 3 is 2.67 bits per heavy atom. The number of carbonyl (C=O) groups is 2. The predicted molar refractivity (Wildman–Crippen MR) is 150 cm³/mol. The molecule has 17 heteroatoms. The van der Waals surface area contributed by atoms with Crippen molar-refractivity contribution in [3.05, 3.63) is 46.2 Å². The molecule has 0 spiro atoms. The van der Waals surface area contributed by atoms with Crippen molar-refractivity contribution in [2.75, 3.05) is 35.2 Å². The van der Waals surface area contributed by atoms with E-state index in [0.29, 0.717) is 30.9 Å². The number of likely N-dealkylation sites (tertiary alicyclic amines) is 1. The smallest absolute Gasteiger partial charge is 0.391 e. The molecule has 5 N–H and O–H groups in total. The second-order valence-electron chi connectivity index (χ2n) is 10.1. The standard InChI is InChI=1S/C25H27ClF3N9O3S/c1-12-7-19(42-36-12)32-22-20(21(30)40)34-35-24(33-22)37-6-4-18(39)17(11-37)38-5-2-3-16(23(38)41)31-15-9-13(25(27,28)29)8-14(26)10-15/h7-10,16-18,31,39H,2-6,11H2,1H3,(H2,30,40)(H,32,33,35)/t16-,17+,18+/m1/s1. The van der Waals surface area contributed by atoms with Gasteiger partial charge in [0, 0.05) is 30.3 Å². The van der Waals surface area contributed by atoms with Gasteiger partial charge in [0.15, 0.2) is 11.5 Å². The van der Waals surface area contributed by atoms with Crippen LogP contribution in [-0.2, 0) is 11.0 Å². The van der Waals surface area contributed by atoms with Gasteiger partial charge in [0.1, 0.15) is 11.0 Å². The zero-order chi connectivity index (χ0) is 30.2. The van der Waals surface area contributed by atoms with Crippen molar-refractivity contribution < 1.29 is 27.9 Å². The maximum atomic E-state index is 13.5. The molecule has 4 heterocycles. The number of hydrogen-bond acceptors (Lipinski definition) is 11. The normalized spacial score (nSPS) is 21.4. The van der Waals surface area contributed by atoms with E-state index in [1.807, 2.05) is 6.92 Å². The van der Waals surface area contributed by atoms with Crippen LogP contribution in [0, 0.1) is 6.92 Å². The largest absolute Gasteiger partial charge is 0.416 e. The van der Waals surface area contributed by atoms with Crippen LogP contribution in [0.1, 0.15) is 41.0 Å². The molecule has 12 nitrogen and oxygen atoms in total. The van der Waals surface area contributed by atoms with Crippen LogP contribution in [0.25, 0.3) is 0 Å². The van der Waals surface area contributed by atoms with Crippen molar-refractivity contribution in [3.8, 4) is 0 Å². The molecule has 2 aliphatic rings. The van der Waals surface area contributed by atoms with Gasteiger partial charge in [-0.05, 0) is 62.0 Å². The monoisotopic (exact) mass is 625 g/mol. The zero-order valence-corrected chi connectivity index (χ0v) is 23.8. The first kappa shape index (κ1) is 29.7. The summed E-state index contributed by atoms with van der Waals surface area (Å²) < 4.78 is 44.0. The number of alkyl halides is 3. The fourth-order valence-electron chi connectivity index (χ4n) is 5.05. The Balaban J connectivity index is 1.34. The molecule has 1 aromatic carbocycles. The molecule has 2 fully saturated rings. The lowest BCUT2D eigenvalue weighted by molar-refractivity contribution is -0.140. The van der Waals surface area contributed by atoms with Crippen LogP contribution in [0.5, 0.6) is 0 Å². The number of nitrogens with one attached hydrogen (secondary N) is 2. The Morgan fingerprint density at radius 2 is 1.98 bits per heavy atom. The first-order valence-electron chi connectivity index (χ1n) is 13.0. The minimum absolute atomic E-state index is 0.0750. The number of carbonyl (C=O) groups excluding carboxylic acids is 2. The molecule has 3 aromatic rings. The number of aromatic nitrogens is 4. The van der Waals surface area contributed by atoms with Crippen LogP contribution in [0.4, 0.5) is 35.6 Å². The number of piperidine rings is 2. The minimum Gasteiger partial charge on any atom is -0.391 e. The average Bonchev–Trinajstić information content (AvgIpc) is 3.33. The van der Waals surface area contributed by atoms with Crippen LogP contribution < -0.4 is 21.3 Å². The highest BCUT2D eigenvalue weighted by Gasteiger charge is 2.40. The van der Waals surface area contributed by atoms with E-state index in [9.17, 15) is 27.9 Å². The molecule has 2 amide bonds. The lowest BCUT2D eigenvalue weighted by Crippen LogP contribution is -2.61. The van der Waals surface area contributed by atoms with Gasteiger partial charge in [0.05, 0.1) is 23.4 Å². The van der Waals surface area contributed by atoms with Crippen molar-refractivity contribution in [3.63, 3.8) is 0 Å². The topological polar surface area (TPSA) is 162 Å². The molecule has 2 aliphatic heterocycles. The van der Waals surface area contributed by atoms with Gasteiger partial charge in [0.25, 0.3) is 5.91 Å². The van der Waals surface area contributed by atoms with Crippen LogP contribution in [-0.4, -0.2) is 79.2 Å². The Bertz CT molecular complexity index is 1490. The number of aliphatic hydroxyl groups is 1. The molecule has 0 aliphatic carbocycles. The third-order valence-corrected chi connectivity index (χ3v) is 8.06. The lowest BCUT2D eigenvalue weighted by atomic mass is 9.95. The minimum atomic E-state index is -4.60. The summed E-state index contributed by atoms with van der Waals surface area (Å²) in [6, 6.07) is 3.37. The number of nitrogens with zero attached hydrogens (tertiary/aromatic N) is 6. The lowest BCUT2D eigenvalue weighted by Gasteiger charge is -2.45. The summed E-state index contributed by atoms with van der Waals surface area (Å²) in [6.07, 6.45) is -4.21. The molecular formula is C25H27ClF3N9O3S. The van der Waals surface area contributed by atoms with Gasteiger partial charge >= 0.3 is 6.18 Å². The van der Waals surface area contributed by atoms with E-state index in [4.69, 9.17) is 17.3 Å². The van der Waals surface area contributed by atoms with Crippen molar-refractivity contribution in [1.82, 2.24) is 24.5 Å². The van der Waals surface area contributed by atoms with Crippen molar-refractivity contribution in [2.45, 2.75) is 50.6 Å². The van der Waals surface area contributed by atoms with E-state index in [1.165, 1.54) is 22.5 Å². The summed E-state index contributed by atoms with van der Waals surface area (Å²) in [6.45, 7) is 2.68. The highest BCUT2D eigenvalue weighted by Crippen LogP contribution is 2.34. The van der Waals surface area contributed by atoms with Crippen LogP contribution in [0.15, 0.2) is 24.3 Å². The molecule has 0 radical (unpaired) electrons. The number of benzene rings is 1.